The van der Waals surface area contributed by atoms with E-state index in [0.29, 0.717) is 23.4 Å². The van der Waals surface area contributed by atoms with Crippen molar-refractivity contribution in [3.63, 3.8) is 0 Å². The van der Waals surface area contributed by atoms with Gasteiger partial charge in [-0.3, -0.25) is 24.1 Å². The first-order valence-corrected chi connectivity index (χ1v) is 14.3. The fourth-order valence-electron chi connectivity index (χ4n) is 6.63. The van der Waals surface area contributed by atoms with E-state index in [-0.39, 0.29) is 29.4 Å². The van der Waals surface area contributed by atoms with Crippen LogP contribution in [0.1, 0.15) is 57.8 Å². The molecule has 4 aliphatic rings. The van der Waals surface area contributed by atoms with Gasteiger partial charge in [-0.25, -0.2) is 0 Å². The maximum absolute atomic E-state index is 14.1. The molecule has 7 rings (SSSR count). The van der Waals surface area contributed by atoms with Crippen molar-refractivity contribution in [2.45, 2.75) is 31.2 Å². The van der Waals surface area contributed by atoms with Crippen LogP contribution in [0.4, 0.5) is 5.69 Å². The Morgan fingerprint density at radius 3 is 1.71 bits per heavy atom. The smallest absolute Gasteiger partial charge is 0.247 e. The number of carbonyl (C=O) groups is 4. The largest absolute Gasteiger partial charge is 0.324 e. The molecule has 1 heterocycles. The standard InChI is InChI=1S/C31H28N2O4S/c1-17(34)18-11-13-19(14-12-18)32-29(35)24(15-16-38-2)33-30(36)27-25-20-7-3-4-8-21(20)26(28(27)31(33)37)23-10-6-5-9-22(23)25/h3-14,24-28H,15-16H2,1-2H3,(H,32,35). The molecule has 3 aromatic rings. The van der Waals surface area contributed by atoms with Gasteiger partial charge >= 0.3 is 0 Å². The van der Waals surface area contributed by atoms with Crippen LogP contribution in [0, 0.1) is 11.8 Å². The fourth-order valence-corrected chi connectivity index (χ4v) is 7.09. The minimum Gasteiger partial charge on any atom is -0.324 e. The number of benzene rings is 3. The quantitative estimate of drug-likeness (QED) is 0.353. The Balaban J connectivity index is 1.36. The molecule has 0 spiro atoms. The third kappa shape index (κ3) is 3.71. The zero-order chi connectivity index (χ0) is 26.6. The number of hydrogen-bond acceptors (Lipinski definition) is 5. The minimum absolute atomic E-state index is 0.0618. The van der Waals surface area contributed by atoms with Crippen LogP contribution in [0.5, 0.6) is 0 Å². The molecule has 3 atom stereocenters. The third-order valence-electron chi connectivity index (χ3n) is 8.25. The molecule has 192 valence electrons. The first-order valence-electron chi connectivity index (χ1n) is 12.9. The summed E-state index contributed by atoms with van der Waals surface area (Å²) in [4.78, 5) is 54.7. The first-order chi connectivity index (χ1) is 18.4. The summed E-state index contributed by atoms with van der Waals surface area (Å²) < 4.78 is 0. The second-order valence-corrected chi connectivity index (χ2v) is 11.2. The molecule has 7 heteroatoms. The Hall–Kier alpha value is -3.71. The summed E-state index contributed by atoms with van der Waals surface area (Å²) in [6.07, 6.45) is 2.31. The number of hydrogen-bond donors (Lipinski definition) is 1. The van der Waals surface area contributed by atoms with Gasteiger partial charge in [0.25, 0.3) is 0 Å². The number of likely N-dealkylation sites (tertiary alicyclic amines) is 1. The average molecular weight is 525 g/mol. The highest BCUT2D eigenvalue weighted by Crippen LogP contribution is 2.61. The van der Waals surface area contributed by atoms with E-state index in [2.05, 4.69) is 29.6 Å². The number of rotatable bonds is 7. The molecule has 0 radical (unpaired) electrons. The Bertz CT molecular complexity index is 1350. The highest BCUT2D eigenvalue weighted by atomic mass is 32.2. The number of nitrogens with one attached hydrogen (secondary N) is 1. The van der Waals surface area contributed by atoms with Crippen LogP contribution in [0.2, 0.25) is 0 Å². The zero-order valence-electron chi connectivity index (χ0n) is 21.2. The van der Waals surface area contributed by atoms with E-state index in [1.54, 1.807) is 36.0 Å². The van der Waals surface area contributed by atoms with Crippen LogP contribution >= 0.6 is 11.8 Å². The van der Waals surface area contributed by atoms with E-state index in [0.717, 1.165) is 22.3 Å². The summed E-state index contributed by atoms with van der Waals surface area (Å²) in [7, 11) is 0. The molecule has 0 saturated carbocycles. The Labute approximate surface area is 225 Å². The van der Waals surface area contributed by atoms with E-state index < -0.39 is 23.8 Å². The lowest BCUT2D eigenvalue weighted by Crippen LogP contribution is -2.48. The molecule has 1 N–H and O–H groups in total. The predicted octanol–water partition coefficient (Wildman–Crippen LogP) is 4.84. The van der Waals surface area contributed by atoms with Gasteiger partial charge in [0.05, 0.1) is 11.8 Å². The number of Topliss-reactive ketones (excluding diaryl/α,β-unsaturated/α-hetero) is 1. The summed E-state index contributed by atoms with van der Waals surface area (Å²) in [5.41, 5.74) is 5.50. The van der Waals surface area contributed by atoms with E-state index in [1.165, 1.54) is 11.8 Å². The van der Waals surface area contributed by atoms with Gasteiger partial charge in [-0.2, -0.15) is 11.8 Å². The Kier molecular flexibility index (Phi) is 6.19. The average Bonchev–Trinajstić information content (AvgIpc) is 3.19. The van der Waals surface area contributed by atoms with Gasteiger partial charge in [-0.15, -0.1) is 0 Å². The molecule has 3 amide bonds. The van der Waals surface area contributed by atoms with Crippen molar-refractivity contribution >= 4 is 41.0 Å². The molecule has 1 saturated heterocycles. The van der Waals surface area contributed by atoms with Gasteiger partial charge in [0.2, 0.25) is 17.7 Å². The van der Waals surface area contributed by atoms with E-state index in [1.807, 2.05) is 30.5 Å². The van der Waals surface area contributed by atoms with Gasteiger partial charge < -0.3 is 5.32 Å². The number of anilines is 1. The Morgan fingerprint density at radius 2 is 1.29 bits per heavy atom. The monoisotopic (exact) mass is 524 g/mol. The van der Waals surface area contributed by atoms with Crippen LogP contribution < -0.4 is 5.32 Å². The van der Waals surface area contributed by atoms with Crippen molar-refractivity contribution in [2.75, 3.05) is 17.3 Å². The van der Waals surface area contributed by atoms with Crippen LogP contribution in [0.15, 0.2) is 72.8 Å². The number of nitrogens with zero attached hydrogens (tertiary/aromatic N) is 1. The molecule has 3 unspecified atom stereocenters. The molecule has 0 aromatic heterocycles. The normalized spacial score (nSPS) is 23.5. The van der Waals surface area contributed by atoms with Crippen molar-refractivity contribution in [2.24, 2.45) is 11.8 Å². The maximum Gasteiger partial charge on any atom is 0.247 e. The molecule has 3 aromatic carbocycles. The van der Waals surface area contributed by atoms with Crippen molar-refractivity contribution in [1.82, 2.24) is 4.90 Å². The summed E-state index contributed by atoms with van der Waals surface area (Å²) in [6.45, 7) is 1.49. The number of ketones is 1. The summed E-state index contributed by atoms with van der Waals surface area (Å²) in [5.74, 6) is -1.79. The lowest BCUT2D eigenvalue weighted by molar-refractivity contribution is -0.146. The van der Waals surface area contributed by atoms with E-state index >= 15 is 0 Å². The summed E-state index contributed by atoms with van der Waals surface area (Å²) in [6, 6.07) is 22.0. The molecular formula is C31H28N2O4S. The van der Waals surface area contributed by atoms with Gasteiger partial charge in [0, 0.05) is 23.1 Å². The number of amides is 3. The summed E-state index contributed by atoms with van der Waals surface area (Å²) in [5, 5.41) is 2.88. The summed E-state index contributed by atoms with van der Waals surface area (Å²) >= 11 is 1.57. The molecule has 3 aliphatic carbocycles. The van der Waals surface area contributed by atoms with E-state index in [9.17, 15) is 19.2 Å². The SMILES string of the molecule is CSCCC(C(=O)Nc1ccc(C(C)=O)cc1)N1C(=O)C2C3c4ccccc4C(c4ccccc43)C2C1=O. The highest BCUT2D eigenvalue weighted by Gasteiger charge is 2.62. The number of thioether (sulfide) groups is 1. The van der Waals surface area contributed by atoms with Gasteiger partial charge in [-0.05, 0) is 71.9 Å². The van der Waals surface area contributed by atoms with Crippen molar-refractivity contribution in [1.29, 1.82) is 0 Å². The van der Waals surface area contributed by atoms with Gasteiger partial charge in [0.1, 0.15) is 6.04 Å². The Morgan fingerprint density at radius 1 is 0.816 bits per heavy atom. The van der Waals surface area contributed by atoms with Crippen molar-refractivity contribution in [3.05, 3.63) is 101 Å². The maximum atomic E-state index is 14.1. The number of carbonyl (C=O) groups excluding carboxylic acids is 4. The molecule has 1 fully saturated rings. The molecule has 6 nitrogen and oxygen atoms in total. The van der Waals surface area contributed by atoms with Gasteiger partial charge in [-0.1, -0.05) is 48.5 Å². The zero-order valence-corrected chi connectivity index (χ0v) is 22.0. The van der Waals surface area contributed by atoms with Crippen LogP contribution in [0.25, 0.3) is 0 Å². The highest BCUT2D eigenvalue weighted by molar-refractivity contribution is 7.98. The van der Waals surface area contributed by atoms with Crippen LogP contribution in [0.3, 0.4) is 0 Å². The molecule has 38 heavy (non-hydrogen) atoms. The predicted molar refractivity (Wildman–Crippen MR) is 147 cm³/mol. The van der Waals surface area contributed by atoms with Crippen molar-refractivity contribution < 1.29 is 19.2 Å². The topological polar surface area (TPSA) is 83.6 Å². The van der Waals surface area contributed by atoms with Gasteiger partial charge in [0.15, 0.2) is 5.78 Å². The lowest BCUT2D eigenvalue weighted by Gasteiger charge is -2.45. The second-order valence-electron chi connectivity index (χ2n) is 10.2. The molecular weight excluding hydrogens is 496 g/mol. The van der Waals surface area contributed by atoms with E-state index in [4.69, 9.17) is 0 Å². The molecule has 2 bridgehead atoms. The molecule has 1 aliphatic heterocycles. The second kappa shape index (κ2) is 9.55. The third-order valence-corrected chi connectivity index (χ3v) is 8.90. The van der Waals surface area contributed by atoms with Crippen LogP contribution in [-0.2, 0) is 14.4 Å². The van der Waals surface area contributed by atoms with Crippen LogP contribution in [-0.4, -0.2) is 46.5 Å². The fraction of sp³-hybridized carbons (Fsp3) is 0.290. The first kappa shape index (κ1) is 24.6. The number of imide groups is 1. The lowest BCUT2D eigenvalue weighted by atomic mass is 9.55. The van der Waals surface area contributed by atoms with Crippen molar-refractivity contribution in [3.8, 4) is 0 Å². The minimum atomic E-state index is -0.911.